The summed E-state index contributed by atoms with van der Waals surface area (Å²) in [5, 5.41) is 12.4. The lowest BCUT2D eigenvalue weighted by Gasteiger charge is -2.35. The number of ether oxygens (including phenoxy) is 1. The summed E-state index contributed by atoms with van der Waals surface area (Å²) >= 11 is 0. The Morgan fingerprint density at radius 3 is 2.52 bits per heavy atom. The van der Waals surface area contributed by atoms with E-state index in [9.17, 15) is 14.7 Å². The number of carbonyl (C=O) groups is 2. The van der Waals surface area contributed by atoms with E-state index in [1.54, 1.807) is 12.1 Å². The molecule has 5 nitrogen and oxygen atoms in total. The molecule has 2 N–H and O–H groups in total. The first kappa shape index (κ1) is 17.6. The van der Waals surface area contributed by atoms with Crippen molar-refractivity contribution in [1.29, 1.82) is 0 Å². The molecule has 1 unspecified atom stereocenters. The van der Waals surface area contributed by atoms with E-state index >= 15 is 0 Å². The van der Waals surface area contributed by atoms with Crippen molar-refractivity contribution in [2.24, 2.45) is 5.41 Å². The Morgan fingerprint density at radius 1 is 1.30 bits per heavy atom. The van der Waals surface area contributed by atoms with Gasteiger partial charge in [0.15, 0.2) is 0 Å². The van der Waals surface area contributed by atoms with Crippen LogP contribution >= 0.6 is 0 Å². The first-order chi connectivity index (χ1) is 11.1. The topological polar surface area (TPSA) is 75.6 Å². The van der Waals surface area contributed by atoms with E-state index in [1.165, 1.54) is 0 Å². The zero-order valence-corrected chi connectivity index (χ0v) is 13.5. The third-order valence-electron chi connectivity index (χ3n) is 4.64. The fourth-order valence-corrected chi connectivity index (χ4v) is 3.00. The summed E-state index contributed by atoms with van der Waals surface area (Å²) < 4.78 is 5.86. The molecule has 0 aliphatic heterocycles. The normalized spacial score (nSPS) is 25.6. The summed E-state index contributed by atoms with van der Waals surface area (Å²) in [6.45, 7) is 3.18. The molecule has 0 aromatic heterocycles. The van der Waals surface area contributed by atoms with Gasteiger partial charge in [0.25, 0.3) is 0 Å². The van der Waals surface area contributed by atoms with Crippen molar-refractivity contribution < 1.29 is 19.4 Å². The molecule has 0 bridgehead atoms. The predicted octanol–water partition coefficient (Wildman–Crippen LogP) is 2.24. The van der Waals surface area contributed by atoms with Crippen LogP contribution in [0.3, 0.4) is 0 Å². The van der Waals surface area contributed by atoms with Crippen LogP contribution in [0.2, 0.25) is 0 Å². The summed E-state index contributed by atoms with van der Waals surface area (Å²) in [4.78, 5) is 21.5. The lowest BCUT2D eigenvalue weighted by atomic mass is 9.75. The molecule has 1 saturated carbocycles. The molecule has 1 aliphatic carbocycles. The van der Waals surface area contributed by atoms with Crippen molar-refractivity contribution in [1.82, 2.24) is 5.32 Å². The Labute approximate surface area is 137 Å². The number of aliphatic hydroxyl groups excluding tert-OH is 1. The summed E-state index contributed by atoms with van der Waals surface area (Å²) in [6.07, 6.45) is 4.83. The van der Waals surface area contributed by atoms with Crippen LogP contribution in [0.4, 0.5) is 0 Å². The van der Waals surface area contributed by atoms with Crippen LogP contribution in [0.5, 0.6) is 0 Å². The molecular formula is C18H25NO4. The van der Waals surface area contributed by atoms with Gasteiger partial charge in [-0.2, -0.15) is 0 Å². The Balaban J connectivity index is 1.89. The molecule has 0 radical (unpaired) electrons. The summed E-state index contributed by atoms with van der Waals surface area (Å²) in [5.74, 6) is 0. The zero-order valence-electron chi connectivity index (χ0n) is 13.5. The minimum Gasteiger partial charge on any atom is -0.393 e. The van der Waals surface area contributed by atoms with Crippen molar-refractivity contribution in [3.05, 3.63) is 35.4 Å². The minimum atomic E-state index is -0.231. The van der Waals surface area contributed by atoms with Crippen LogP contribution in [0.1, 0.15) is 54.6 Å². The van der Waals surface area contributed by atoms with E-state index in [1.807, 2.05) is 12.1 Å². The van der Waals surface area contributed by atoms with Crippen molar-refractivity contribution >= 4 is 12.7 Å². The summed E-state index contributed by atoms with van der Waals surface area (Å²) in [5.41, 5.74) is 1.60. The van der Waals surface area contributed by atoms with Crippen LogP contribution < -0.4 is 5.32 Å². The van der Waals surface area contributed by atoms with E-state index in [-0.39, 0.29) is 17.6 Å². The molecule has 0 heterocycles. The van der Waals surface area contributed by atoms with Crippen molar-refractivity contribution in [3.63, 3.8) is 0 Å². The van der Waals surface area contributed by atoms with Gasteiger partial charge >= 0.3 is 0 Å². The van der Waals surface area contributed by atoms with Crippen LogP contribution in [0.15, 0.2) is 24.3 Å². The van der Waals surface area contributed by atoms with Gasteiger partial charge in [-0.3, -0.25) is 9.59 Å². The SMILES string of the molecule is CC1(COCC(NC=O)c2ccc(C=O)cc2)CCC(O)CC1. The largest absolute Gasteiger partial charge is 0.393 e. The zero-order chi connectivity index (χ0) is 16.7. The van der Waals surface area contributed by atoms with Crippen molar-refractivity contribution in [2.75, 3.05) is 13.2 Å². The van der Waals surface area contributed by atoms with Gasteiger partial charge < -0.3 is 15.2 Å². The standard InChI is InChI=1S/C18H25NO4/c1-18(8-6-16(22)7-9-18)12-23-11-17(19-13-21)15-4-2-14(10-20)3-5-15/h2-5,10,13,16-17,22H,6-9,11-12H2,1H3,(H,19,21). The molecule has 0 spiro atoms. The van der Waals surface area contributed by atoms with Crippen LogP contribution in [-0.2, 0) is 9.53 Å². The minimum absolute atomic E-state index is 0.0896. The highest BCUT2D eigenvalue weighted by molar-refractivity contribution is 5.74. The molecule has 0 saturated heterocycles. The van der Waals surface area contributed by atoms with E-state index in [0.29, 0.717) is 25.2 Å². The monoisotopic (exact) mass is 319 g/mol. The molecule has 1 amide bonds. The molecule has 1 fully saturated rings. The molecule has 5 heteroatoms. The van der Waals surface area contributed by atoms with Crippen molar-refractivity contribution in [2.45, 2.75) is 44.8 Å². The van der Waals surface area contributed by atoms with Gasteiger partial charge in [0.2, 0.25) is 6.41 Å². The number of carbonyl (C=O) groups excluding carboxylic acids is 2. The molecule has 1 atom stereocenters. The van der Waals surface area contributed by atoms with Gasteiger partial charge in [0.05, 0.1) is 25.4 Å². The van der Waals surface area contributed by atoms with E-state index in [2.05, 4.69) is 12.2 Å². The van der Waals surface area contributed by atoms with E-state index < -0.39 is 0 Å². The fourth-order valence-electron chi connectivity index (χ4n) is 3.00. The van der Waals surface area contributed by atoms with Gasteiger partial charge in [0, 0.05) is 5.56 Å². The first-order valence-corrected chi connectivity index (χ1v) is 8.07. The van der Waals surface area contributed by atoms with E-state index in [4.69, 9.17) is 4.74 Å². The molecule has 23 heavy (non-hydrogen) atoms. The average Bonchev–Trinajstić information content (AvgIpc) is 2.57. The number of nitrogens with one attached hydrogen (secondary N) is 1. The Morgan fingerprint density at radius 2 is 1.96 bits per heavy atom. The lowest BCUT2D eigenvalue weighted by molar-refractivity contribution is -0.110. The average molecular weight is 319 g/mol. The molecule has 1 aromatic rings. The van der Waals surface area contributed by atoms with Gasteiger partial charge in [0.1, 0.15) is 6.29 Å². The Hall–Kier alpha value is -1.72. The van der Waals surface area contributed by atoms with Gasteiger partial charge in [-0.25, -0.2) is 0 Å². The number of rotatable bonds is 8. The number of aliphatic hydroxyl groups is 1. The maximum atomic E-state index is 10.8. The van der Waals surface area contributed by atoms with E-state index in [0.717, 1.165) is 37.5 Å². The highest BCUT2D eigenvalue weighted by atomic mass is 16.5. The van der Waals surface area contributed by atoms with Crippen LogP contribution in [0, 0.1) is 5.41 Å². The maximum Gasteiger partial charge on any atom is 0.207 e. The van der Waals surface area contributed by atoms with Gasteiger partial charge in [-0.05, 0) is 36.7 Å². The third-order valence-corrected chi connectivity index (χ3v) is 4.64. The lowest BCUT2D eigenvalue weighted by Crippen LogP contribution is -2.33. The van der Waals surface area contributed by atoms with Gasteiger partial charge in [-0.15, -0.1) is 0 Å². The first-order valence-electron chi connectivity index (χ1n) is 8.07. The number of aldehydes is 1. The summed E-state index contributed by atoms with van der Waals surface area (Å²) in [7, 11) is 0. The molecule has 1 aromatic carbocycles. The van der Waals surface area contributed by atoms with Crippen LogP contribution in [0.25, 0.3) is 0 Å². The summed E-state index contributed by atoms with van der Waals surface area (Å²) in [6, 6.07) is 6.88. The maximum absolute atomic E-state index is 10.8. The molecular weight excluding hydrogens is 294 g/mol. The van der Waals surface area contributed by atoms with Crippen LogP contribution in [-0.4, -0.2) is 37.1 Å². The molecule has 126 valence electrons. The number of hydrogen-bond donors (Lipinski definition) is 2. The second-order valence-corrected chi connectivity index (χ2v) is 6.68. The number of amides is 1. The Kier molecular flexibility index (Phi) is 6.30. The third kappa shape index (κ3) is 5.15. The predicted molar refractivity (Wildman–Crippen MR) is 87.2 cm³/mol. The highest BCUT2D eigenvalue weighted by Crippen LogP contribution is 2.36. The number of benzene rings is 1. The second-order valence-electron chi connectivity index (χ2n) is 6.68. The van der Waals surface area contributed by atoms with Gasteiger partial charge in [-0.1, -0.05) is 31.2 Å². The smallest absolute Gasteiger partial charge is 0.207 e. The fraction of sp³-hybridized carbons (Fsp3) is 0.556. The number of hydrogen-bond acceptors (Lipinski definition) is 4. The Bertz CT molecular complexity index is 506. The molecule has 1 aliphatic rings. The molecule has 2 rings (SSSR count). The quantitative estimate of drug-likeness (QED) is 0.721. The van der Waals surface area contributed by atoms with Crippen molar-refractivity contribution in [3.8, 4) is 0 Å². The second kappa shape index (κ2) is 8.22. The highest BCUT2D eigenvalue weighted by Gasteiger charge is 2.30.